The molecule has 5 unspecified atom stereocenters. The lowest BCUT2D eigenvalue weighted by Gasteiger charge is -2.49. The van der Waals surface area contributed by atoms with Gasteiger partial charge in [-0.25, -0.2) is 0 Å². The Morgan fingerprint density at radius 2 is 0.921 bits per heavy atom. The summed E-state index contributed by atoms with van der Waals surface area (Å²) in [6.45, 7) is 10.8. The van der Waals surface area contributed by atoms with Crippen molar-refractivity contribution >= 4 is 59.7 Å². The van der Waals surface area contributed by atoms with E-state index >= 15 is 0 Å². The second-order valence-corrected chi connectivity index (χ2v) is 14.5. The predicted molar refractivity (Wildman–Crippen MR) is 201 cm³/mol. The molecule has 352 valence electrons. The summed E-state index contributed by atoms with van der Waals surface area (Å²) in [5, 5.41) is 3.14. The zero-order valence-corrected chi connectivity index (χ0v) is 36.5. The van der Waals surface area contributed by atoms with Gasteiger partial charge >= 0.3 is 59.7 Å². The van der Waals surface area contributed by atoms with E-state index in [1.807, 2.05) is 0 Å². The molecule has 3 rings (SSSR count). The van der Waals surface area contributed by atoms with E-state index in [1.165, 1.54) is 13.0 Å². The smallest absolute Gasteiger partial charge is 0.305 e. The van der Waals surface area contributed by atoms with Crippen LogP contribution in [-0.4, -0.2) is 159 Å². The van der Waals surface area contributed by atoms with Gasteiger partial charge in [-0.15, -0.1) is 0 Å². The van der Waals surface area contributed by atoms with E-state index in [9.17, 15) is 47.9 Å². The van der Waals surface area contributed by atoms with Crippen LogP contribution in [0.2, 0.25) is 0 Å². The molecular formula is C39H53NO23. The Bertz CT molecular complexity index is 1780. The number of rotatable bonds is 16. The predicted octanol–water partition coefficient (Wildman–Crippen LogP) is -0.681. The zero-order chi connectivity index (χ0) is 47.5. The second kappa shape index (κ2) is 23.1. The van der Waals surface area contributed by atoms with Crippen LogP contribution in [0.4, 0.5) is 0 Å². The normalized spacial score (nSPS) is 31.3. The number of nitrogens with one attached hydrogen (secondary N) is 1. The molecule has 1 aliphatic carbocycles. The first kappa shape index (κ1) is 51.6. The van der Waals surface area contributed by atoms with Crippen molar-refractivity contribution in [1.82, 2.24) is 5.32 Å². The minimum atomic E-state index is -1.80. The molecule has 2 fully saturated rings. The van der Waals surface area contributed by atoms with Gasteiger partial charge in [0.1, 0.15) is 25.4 Å². The summed E-state index contributed by atoms with van der Waals surface area (Å²) in [5.74, 6) is -8.79. The van der Waals surface area contributed by atoms with Crippen LogP contribution >= 0.6 is 0 Å². The highest BCUT2D eigenvalue weighted by atomic mass is 16.8. The highest BCUT2D eigenvalue weighted by molar-refractivity contribution is 5.71. The highest BCUT2D eigenvalue weighted by Gasteiger charge is 2.58. The SMILES string of the molecule is CC(=O)OCC1=C[C@H](N[C@H]2C(OC(C)=O)C(OC(C)=O)[C@@H](O[C@@H]3C(COC(C)=O)O[C@@H](OC(C)=O)C(OC(C)=O)C3OC(C)=O)O[C@@H]2C)[C@H](OC(C)=O)[C@@H](OC(C)=O)[C@H]1OC(C)=O. The number of esters is 10. The number of carbonyl (C=O) groups is 10. The molecule has 0 aromatic carbocycles. The van der Waals surface area contributed by atoms with Gasteiger partial charge in [-0.2, -0.15) is 0 Å². The van der Waals surface area contributed by atoms with Crippen LogP contribution in [0.25, 0.3) is 0 Å². The van der Waals surface area contributed by atoms with Gasteiger partial charge in [0.15, 0.2) is 42.9 Å². The van der Waals surface area contributed by atoms with Crippen LogP contribution in [-0.2, 0) is 110 Å². The number of hydrogen-bond acceptors (Lipinski definition) is 24. The van der Waals surface area contributed by atoms with E-state index in [1.54, 1.807) is 0 Å². The number of ether oxygens (including phenoxy) is 13. The first-order valence-corrected chi connectivity index (χ1v) is 19.5. The Morgan fingerprint density at radius 3 is 1.41 bits per heavy atom. The van der Waals surface area contributed by atoms with Crippen molar-refractivity contribution < 1.29 is 110 Å². The summed E-state index contributed by atoms with van der Waals surface area (Å²) in [5.41, 5.74) is 0.0701. The summed E-state index contributed by atoms with van der Waals surface area (Å²) < 4.78 is 73.3. The summed E-state index contributed by atoms with van der Waals surface area (Å²) in [6, 6.07) is -2.54. The molecule has 0 spiro atoms. The lowest BCUT2D eigenvalue weighted by molar-refractivity contribution is -0.348. The standard InChI is InChI=1S/C39H53NO23/c1-15-29(40-27-12-26(13-51-16(2)41)30(54-18(4)43)34(57-21(7)46)31(27)55-19(5)44)33(56-20(6)45)36(59-23(9)48)38(53-15)63-32-28(14-52-17(3)42)62-39(61-25(11)50)37(60-24(10)49)35(32)58-22(8)47/h12,15,27-40H,13-14H2,1-11H3/t15-,27+,28?,29-,30+,31+,32-,33?,34+,35?,36?,37?,38-,39-/m1/s1. The van der Waals surface area contributed by atoms with Crippen LogP contribution in [0, 0.1) is 0 Å². The Labute approximate surface area is 361 Å². The Morgan fingerprint density at radius 1 is 0.476 bits per heavy atom. The van der Waals surface area contributed by atoms with Gasteiger partial charge in [-0.05, 0) is 6.92 Å². The topological polar surface area (TPSA) is 303 Å². The average molecular weight is 904 g/mol. The van der Waals surface area contributed by atoms with Crippen molar-refractivity contribution in [2.24, 2.45) is 0 Å². The lowest BCUT2D eigenvalue weighted by atomic mass is 9.85. The minimum absolute atomic E-state index is 0.0701. The molecule has 3 aliphatic rings. The molecule has 14 atom stereocenters. The molecular weight excluding hydrogens is 850 g/mol. The second-order valence-electron chi connectivity index (χ2n) is 14.5. The monoisotopic (exact) mass is 903 g/mol. The maximum absolute atomic E-state index is 12.8. The van der Waals surface area contributed by atoms with Crippen LogP contribution in [0.15, 0.2) is 11.6 Å². The minimum Gasteiger partial charge on any atom is -0.463 e. The molecule has 0 aromatic rings. The molecule has 2 heterocycles. The van der Waals surface area contributed by atoms with Crippen molar-refractivity contribution in [3.05, 3.63) is 11.6 Å². The molecule has 63 heavy (non-hydrogen) atoms. The fourth-order valence-corrected chi connectivity index (χ4v) is 7.08. The third-order valence-corrected chi connectivity index (χ3v) is 9.08. The Kier molecular flexibility index (Phi) is 18.9. The number of hydrogen-bond donors (Lipinski definition) is 1. The van der Waals surface area contributed by atoms with Gasteiger partial charge in [0.2, 0.25) is 12.4 Å². The summed E-state index contributed by atoms with van der Waals surface area (Å²) >= 11 is 0. The van der Waals surface area contributed by atoms with Crippen molar-refractivity contribution in [3.63, 3.8) is 0 Å². The van der Waals surface area contributed by atoms with E-state index in [0.29, 0.717) is 0 Å². The quantitative estimate of drug-likeness (QED) is 0.114. The Balaban J connectivity index is 2.22. The van der Waals surface area contributed by atoms with Crippen molar-refractivity contribution in [1.29, 1.82) is 0 Å². The molecule has 2 saturated heterocycles. The molecule has 0 radical (unpaired) electrons. The molecule has 24 heteroatoms. The lowest BCUT2D eigenvalue weighted by Crippen LogP contribution is -2.70. The summed E-state index contributed by atoms with van der Waals surface area (Å²) in [4.78, 5) is 124. The molecule has 0 bridgehead atoms. The first-order chi connectivity index (χ1) is 29.4. The van der Waals surface area contributed by atoms with E-state index in [0.717, 1.165) is 69.2 Å². The van der Waals surface area contributed by atoms with Gasteiger partial charge in [0.05, 0.1) is 18.2 Å². The molecule has 0 amide bonds. The van der Waals surface area contributed by atoms with E-state index in [2.05, 4.69) is 5.32 Å². The molecule has 1 N–H and O–H groups in total. The van der Waals surface area contributed by atoms with Gasteiger partial charge in [0, 0.05) is 74.8 Å². The van der Waals surface area contributed by atoms with E-state index in [-0.39, 0.29) is 5.57 Å². The molecule has 2 aliphatic heterocycles. The van der Waals surface area contributed by atoms with Gasteiger partial charge in [-0.3, -0.25) is 53.3 Å². The van der Waals surface area contributed by atoms with Crippen molar-refractivity contribution in [2.45, 2.75) is 162 Å². The maximum atomic E-state index is 12.8. The maximum Gasteiger partial charge on any atom is 0.305 e. The van der Waals surface area contributed by atoms with Crippen LogP contribution in [0.1, 0.15) is 76.2 Å². The Hall–Kier alpha value is -5.72. The molecule has 24 nitrogen and oxygen atoms in total. The number of carbonyl (C=O) groups excluding carboxylic acids is 10. The van der Waals surface area contributed by atoms with Crippen LogP contribution in [0.5, 0.6) is 0 Å². The largest absolute Gasteiger partial charge is 0.463 e. The molecule has 0 saturated carbocycles. The van der Waals surface area contributed by atoms with Crippen molar-refractivity contribution in [2.75, 3.05) is 13.2 Å². The molecule has 0 aromatic heterocycles. The average Bonchev–Trinajstić information content (AvgIpc) is 3.12. The fourth-order valence-electron chi connectivity index (χ4n) is 7.08. The zero-order valence-electron chi connectivity index (χ0n) is 36.5. The van der Waals surface area contributed by atoms with Gasteiger partial charge in [-0.1, -0.05) is 6.08 Å². The summed E-state index contributed by atoms with van der Waals surface area (Å²) in [6.07, 6.45) is -17.8. The third kappa shape index (κ3) is 15.2. The summed E-state index contributed by atoms with van der Waals surface area (Å²) in [7, 11) is 0. The van der Waals surface area contributed by atoms with Crippen molar-refractivity contribution in [3.8, 4) is 0 Å². The highest BCUT2D eigenvalue weighted by Crippen LogP contribution is 2.36. The third-order valence-electron chi connectivity index (χ3n) is 9.08. The first-order valence-electron chi connectivity index (χ1n) is 19.5. The fraction of sp³-hybridized carbons (Fsp3) is 0.692. The van der Waals surface area contributed by atoms with Gasteiger partial charge in [0.25, 0.3) is 0 Å². The van der Waals surface area contributed by atoms with Crippen LogP contribution < -0.4 is 5.32 Å². The van der Waals surface area contributed by atoms with Gasteiger partial charge < -0.3 is 61.6 Å². The van der Waals surface area contributed by atoms with E-state index < -0.39 is 159 Å². The van der Waals surface area contributed by atoms with Crippen LogP contribution in [0.3, 0.4) is 0 Å². The van der Waals surface area contributed by atoms with E-state index in [4.69, 9.17) is 61.6 Å².